The molecule has 14 heavy (non-hydrogen) atoms. The SMILES string of the molecule is C#CCNC(=O)CC(N)CC(C)(C)C. The number of nitrogens with one attached hydrogen (secondary N) is 1. The molecule has 0 aliphatic heterocycles. The van der Waals surface area contributed by atoms with E-state index in [0.717, 1.165) is 6.42 Å². The second kappa shape index (κ2) is 5.66. The average Bonchev–Trinajstić information content (AvgIpc) is 1.96. The molecule has 0 rings (SSSR count). The molecule has 1 amide bonds. The van der Waals surface area contributed by atoms with Gasteiger partial charge < -0.3 is 11.1 Å². The fourth-order valence-corrected chi connectivity index (χ4v) is 1.32. The van der Waals surface area contributed by atoms with Gasteiger partial charge in [-0.05, 0) is 11.8 Å². The maximum atomic E-state index is 11.2. The molecule has 3 N–H and O–H groups in total. The van der Waals surface area contributed by atoms with Crippen molar-refractivity contribution in [3.05, 3.63) is 0 Å². The zero-order valence-electron chi connectivity index (χ0n) is 9.26. The van der Waals surface area contributed by atoms with Gasteiger partial charge in [-0.25, -0.2) is 0 Å². The summed E-state index contributed by atoms with van der Waals surface area (Å²) in [4.78, 5) is 11.2. The predicted molar refractivity (Wildman–Crippen MR) is 58.5 cm³/mol. The lowest BCUT2D eigenvalue weighted by molar-refractivity contribution is -0.121. The zero-order valence-corrected chi connectivity index (χ0v) is 9.26. The summed E-state index contributed by atoms with van der Waals surface area (Å²) in [5.74, 6) is 2.28. The third-order valence-electron chi connectivity index (χ3n) is 1.71. The first-order chi connectivity index (χ1) is 6.35. The van der Waals surface area contributed by atoms with Gasteiger partial charge in [-0.15, -0.1) is 6.42 Å². The zero-order chi connectivity index (χ0) is 11.2. The van der Waals surface area contributed by atoms with E-state index < -0.39 is 0 Å². The first kappa shape index (κ1) is 13.0. The Hall–Kier alpha value is -1.01. The Bertz CT molecular complexity index is 222. The van der Waals surface area contributed by atoms with Crippen molar-refractivity contribution in [2.45, 2.75) is 39.7 Å². The standard InChI is InChI=1S/C11H20N2O/c1-5-6-13-10(14)7-9(12)8-11(2,3)4/h1,9H,6-8,12H2,2-4H3,(H,13,14). The van der Waals surface area contributed by atoms with Crippen molar-refractivity contribution in [1.29, 1.82) is 0 Å². The van der Waals surface area contributed by atoms with E-state index in [-0.39, 0.29) is 23.9 Å². The lowest BCUT2D eigenvalue weighted by atomic mass is 9.87. The molecule has 0 heterocycles. The molecule has 0 aromatic heterocycles. The normalized spacial score (nSPS) is 13.1. The predicted octanol–water partition coefficient (Wildman–Crippen LogP) is 0.889. The molecule has 0 spiro atoms. The summed E-state index contributed by atoms with van der Waals surface area (Å²) in [6.45, 7) is 6.59. The lowest BCUT2D eigenvalue weighted by Gasteiger charge is -2.22. The third kappa shape index (κ3) is 7.63. The molecule has 80 valence electrons. The highest BCUT2D eigenvalue weighted by atomic mass is 16.1. The van der Waals surface area contributed by atoms with Gasteiger partial charge in [0.1, 0.15) is 0 Å². The Labute approximate surface area is 86.4 Å². The second-order valence-electron chi connectivity index (χ2n) is 4.71. The average molecular weight is 196 g/mol. The van der Waals surface area contributed by atoms with Crippen LogP contribution in [0.2, 0.25) is 0 Å². The molecule has 0 aromatic carbocycles. The van der Waals surface area contributed by atoms with Crippen LogP contribution in [-0.2, 0) is 4.79 Å². The topological polar surface area (TPSA) is 55.1 Å². The van der Waals surface area contributed by atoms with Gasteiger partial charge in [0.25, 0.3) is 0 Å². The van der Waals surface area contributed by atoms with E-state index in [9.17, 15) is 4.79 Å². The number of terminal acetylenes is 1. The monoisotopic (exact) mass is 196 g/mol. The Kier molecular flexibility index (Phi) is 5.26. The van der Waals surface area contributed by atoms with Gasteiger partial charge in [0, 0.05) is 12.5 Å². The molecule has 3 nitrogen and oxygen atoms in total. The Balaban J connectivity index is 3.78. The molecule has 0 fully saturated rings. The summed E-state index contributed by atoms with van der Waals surface area (Å²) in [7, 11) is 0. The highest BCUT2D eigenvalue weighted by Crippen LogP contribution is 2.20. The fourth-order valence-electron chi connectivity index (χ4n) is 1.32. The van der Waals surface area contributed by atoms with E-state index in [1.807, 2.05) is 0 Å². The maximum Gasteiger partial charge on any atom is 0.222 e. The van der Waals surface area contributed by atoms with Crippen molar-refractivity contribution < 1.29 is 4.79 Å². The molecule has 0 aromatic rings. The van der Waals surface area contributed by atoms with Crippen LogP contribution in [0.4, 0.5) is 0 Å². The largest absolute Gasteiger partial charge is 0.345 e. The summed E-state index contributed by atoms with van der Waals surface area (Å²) < 4.78 is 0. The van der Waals surface area contributed by atoms with Crippen molar-refractivity contribution in [3.63, 3.8) is 0 Å². The molecule has 0 bridgehead atoms. The van der Waals surface area contributed by atoms with Gasteiger partial charge in [0.05, 0.1) is 6.54 Å². The van der Waals surface area contributed by atoms with Crippen molar-refractivity contribution in [3.8, 4) is 12.3 Å². The quantitative estimate of drug-likeness (QED) is 0.656. The molecule has 0 radical (unpaired) electrons. The first-order valence-corrected chi connectivity index (χ1v) is 4.81. The van der Waals surface area contributed by atoms with Crippen LogP contribution < -0.4 is 11.1 Å². The minimum atomic E-state index is -0.0900. The van der Waals surface area contributed by atoms with Crippen LogP contribution in [0, 0.1) is 17.8 Å². The minimum Gasteiger partial charge on any atom is -0.345 e. The van der Waals surface area contributed by atoms with E-state index in [0.29, 0.717) is 6.42 Å². The minimum absolute atomic E-state index is 0.0697. The first-order valence-electron chi connectivity index (χ1n) is 4.81. The Morgan fingerprint density at radius 1 is 1.57 bits per heavy atom. The van der Waals surface area contributed by atoms with Crippen LogP contribution in [-0.4, -0.2) is 18.5 Å². The number of amides is 1. The number of carbonyl (C=O) groups excluding carboxylic acids is 1. The van der Waals surface area contributed by atoms with Gasteiger partial charge >= 0.3 is 0 Å². The third-order valence-corrected chi connectivity index (χ3v) is 1.71. The highest BCUT2D eigenvalue weighted by molar-refractivity contribution is 5.76. The summed E-state index contributed by atoms with van der Waals surface area (Å²) in [6.07, 6.45) is 6.19. The smallest absolute Gasteiger partial charge is 0.222 e. The van der Waals surface area contributed by atoms with Gasteiger partial charge in [-0.1, -0.05) is 26.7 Å². The molecule has 1 unspecified atom stereocenters. The van der Waals surface area contributed by atoms with Crippen molar-refractivity contribution in [1.82, 2.24) is 5.32 Å². The summed E-state index contributed by atoms with van der Waals surface area (Å²) in [5, 5.41) is 2.59. The van der Waals surface area contributed by atoms with Gasteiger partial charge in [-0.2, -0.15) is 0 Å². The van der Waals surface area contributed by atoms with Gasteiger partial charge in [0.15, 0.2) is 0 Å². The number of nitrogens with two attached hydrogens (primary N) is 1. The molecule has 0 saturated carbocycles. The molecular weight excluding hydrogens is 176 g/mol. The van der Waals surface area contributed by atoms with E-state index in [4.69, 9.17) is 12.2 Å². The van der Waals surface area contributed by atoms with Crippen molar-refractivity contribution in [2.75, 3.05) is 6.54 Å². The van der Waals surface area contributed by atoms with Crippen LogP contribution >= 0.6 is 0 Å². The number of hydrogen-bond acceptors (Lipinski definition) is 2. The van der Waals surface area contributed by atoms with E-state index >= 15 is 0 Å². The van der Waals surface area contributed by atoms with Crippen molar-refractivity contribution in [2.24, 2.45) is 11.1 Å². The number of carbonyl (C=O) groups is 1. The Morgan fingerprint density at radius 2 is 2.14 bits per heavy atom. The summed E-state index contributed by atoms with van der Waals surface area (Å²) in [6, 6.07) is -0.0900. The molecule has 0 saturated heterocycles. The number of hydrogen-bond donors (Lipinski definition) is 2. The lowest BCUT2D eigenvalue weighted by Crippen LogP contribution is -2.34. The van der Waals surface area contributed by atoms with Gasteiger partial charge in [0.2, 0.25) is 5.91 Å². The fraction of sp³-hybridized carbons (Fsp3) is 0.727. The highest BCUT2D eigenvalue weighted by Gasteiger charge is 2.17. The molecule has 0 aliphatic rings. The Morgan fingerprint density at radius 3 is 2.57 bits per heavy atom. The number of rotatable bonds is 4. The molecule has 1 atom stereocenters. The molecule has 3 heteroatoms. The van der Waals surface area contributed by atoms with E-state index in [1.54, 1.807) is 0 Å². The van der Waals surface area contributed by atoms with Crippen LogP contribution in [0.3, 0.4) is 0 Å². The van der Waals surface area contributed by atoms with E-state index in [2.05, 4.69) is 32.0 Å². The van der Waals surface area contributed by atoms with Crippen molar-refractivity contribution >= 4 is 5.91 Å². The maximum absolute atomic E-state index is 11.2. The van der Waals surface area contributed by atoms with Crippen LogP contribution in [0.1, 0.15) is 33.6 Å². The summed E-state index contributed by atoms with van der Waals surface area (Å²) in [5.41, 5.74) is 5.98. The van der Waals surface area contributed by atoms with Crippen LogP contribution in [0.5, 0.6) is 0 Å². The summed E-state index contributed by atoms with van der Waals surface area (Å²) >= 11 is 0. The van der Waals surface area contributed by atoms with Gasteiger partial charge in [-0.3, -0.25) is 4.79 Å². The van der Waals surface area contributed by atoms with E-state index in [1.165, 1.54) is 0 Å². The molecular formula is C11H20N2O. The van der Waals surface area contributed by atoms with Crippen LogP contribution in [0.25, 0.3) is 0 Å². The molecule has 0 aliphatic carbocycles. The second-order valence-corrected chi connectivity index (χ2v) is 4.71. The van der Waals surface area contributed by atoms with Crippen LogP contribution in [0.15, 0.2) is 0 Å².